The molecule has 1 aliphatic heterocycles. The van der Waals surface area contributed by atoms with Gasteiger partial charge in [0, 0.05) is 28.5 Å². The van der Waals surface area contributed by atoms with Crippen LogP contribution in [0.1, 0.15) is 43.6 Å². The molecule has 6 nitrogen and oxygen atoms in total. The smallest absolute Gasteiger partial charge is 0.344 e. The lowest BCUT2D eigenvalue weighted by atomic mass is 10.2. The lowest BCUT2D eigenvalue weighted by Crippen LogP contribution is -2.14. The van der Waals surface area contributed by atoms with Crippen LogP contribution in [0.3, 0.4) is 0 Å². The van der Waals surface area contributed by atoms with Crippen molar-refractivity contribution in [3.05, 3.63) is 68.5 Å². The van der Waals surface area contributed by atoms with Crippen molar-refractivity contribution in [3.63, 3.8) is 0 Å². The van der Waals surface area contributed by atoms with Crippen LogP contribution in [-0.4, -0.2) is 33.2 Å². The number of amides is 1. The highest BCUT2D eigenvalue weighted by molar-refractivity contribution is 8.18. The molecule has 0 aliphatic carbocycles. The lowest BCUT2D eigenvalue weighted by Gasteiger charge is -2.09. The summed E-state index contributed by atoms with van der Waals surface area (Å²) >= 11 is 7.11. The molecule has 1 aliphatic rings. The molecule has 168 valence electrons. The number of hydrogen-bond acceptors (Lipinski definition) is 5. The second-order valence-corrected chi connectivity index (χ2v) is 8.72. The summed E-state index contributed by atoms with van der Waals surface area (Å²) in [5.41, 5.74) is 3.72. The van der Waals surface area contributed by atoms with E-state index in [-0.39, 0.29) is 35.3 Å². The minimum absolute atomic E-state index is 0.0703. The number of thioether (sulfide) groups is 1. The van der Waals surface area contributed by atoms with E-state index in [0.29, 0.717) is 16.3 Å². The number of carbonyl (C=O) groups excluding carboxylic acids is 2. The van der Waals surface area contributed by atoms with Crippen LogP contribution in [0.2, 0.25) is 5.02 Å². The number of hydrogen-bond donors (Lipinski definition) is 1. The molecular formula is C24H25ClN2O4S. The Bertz CT molecular complexity index is 1140. The molecule has 0 fully saturated rings. The number of aromatic nitrogens is 1. The predicted octanol–water partition coefficient (Wildman–Crippen LogP) is 5.94. The Labute approximate surface area is 196 Å². The predicted molar refractivity (Wildman–Crippen MR) is 129 cm³/mol. The molecule has 0 saturated heterocycles. The Morgan fingerprint density at radius 2 is 1.91 bits per heavy atom. The molecule has 2 aromatic rings. The van der Waals surface area contributed by atoms with Crippen LogP contribution >= 0.6 is 23.4 Å². The summed E-state index contributed by atoms with van der Waals surface area (Å²) in [5.74, 6) is -1.27. The highest BCUT2D eigenvalue weighted by Gasteiger charge is 2.34. The van der Waals surface area contributed by atoms with Gasteiger partial charge in [-0.25, -0.2) is 9.79 Å². The number of aliphatic hydroxyl groups is 1. The highest BCUT2D eigenvalue weighted by atomic mass is 35.5. The molecule has 1 N–H and O–H groups in total. The number of nitrogens with zero attached hydrogens (tertiary/aromatic N) is 2. The lowest BCUT2D eigenvalue weighted by molar-refractivity contribution is -0.138. The van der Waals surface area contributed by atoms with Crippen LogP contribution in [0.25, 0.3) is 11.8 Å². The van der Waals surface area contributed by atoms with Crippen molar-refractivity contribution in [2.45, 2.75) is 40.5 Å². The summed E-state index contributed by atoms with van der Waals surface area (Å²) in [5, 5.41) is 11.6. The zero-order valence-electron chi connectivity index (χ0n) is 18.4. The summed E-state index contributed by atoms with van der Waals surface area (Å²) in [4.78, 5) is 29.0. The van der Waals surface area contributed by atoms with Gasteiger partial charge < -0.3 is 14.4 Å². The summed E-state index contributed by atoms with van der Waals surface area (Å²) in [6, 6.07) is 9.52. The van der Waals surface area contributed by atoms with Crippen molar-refractivity contribution in [1.29, 1.82) is 0 Å². The maximum atomic E-state index is 12.5. The first kappa shape index (κ1) is 23.9. The van der Waals surface area contributed by atoms with Gasteiger partial charge in [0.15, 0.2) is 0 Å². The molecule has 2 heterocycles. The fourth-order valence-corrected chi connectivity index (χ4v) is 4.59. The van der Waals surface area contributed by atoms with Gasteiger partial charge in [-0.1, -0.05) is 30.3 Å². The molecule has 0 atom stereocenters. The van der Waals surface area contributed by atoms with Crippen molar-refractivity contribution < 1.29 is 19.4 Å². The standard InChI is InChI=1S/C24H25ClN2O4S/c1-5-7-20(28)26-23-21(24(30)31-6-2)22(29)19(32-23)13-16-12-14(3)27(15(16)4)18-10-8-17(25)9-11-18/h8-13,29H,5-7H2,1-4H3/b19-13-,26-23?. The molecule has 0 spiro atoms. The quantitative estimate of drug-likeness (QED) is 0.526. The van der Waals surface area contributed by atoms with Gasteiger partial charge >= 0.3 is 5.97 Å². The van der Waals surface area contributed by atoms with E-state index >= 15 is 0 Å². The number of esters is 1. The normalized spacial score (nSPS) is 16.3. The Hall–Kier alpha value is -2.77. The Morgan fingerprint density at radius 3 is 2.53 bits per heavy atom. The number of ether oxygens (including phenoxy) is 1. The van der Waals surface area contributed by atoms with Crippen molar-refractivity contribution in [1.82, 2.24) is 4.57 Å². The molecule has 1 amide bonds. The van der Waals surface area contributed by atoms with Gasteiger partial charge in [0.05, 0.1) is 11.5 Å². The van der Waals surface area contributed by atoms with Gasteiger partial charge in [0.2, 0.25) is 5.91 Å². The van der Waals surface area contributed by atoms with Crippen LogP contribution in [0.15, 0.2) is 51.6 Å². The zero-order chi connectivity index (χ0) is 23.4. The average molecular weight is 473 g/mol. The summed E-state index contributed by atoms with van der Waals surface area (Å²) < 4.78 is 7.16. The summed E-state index contributed by atoms with van der Waals surface area (Å²) in [6.07, 6.45) is 2.70. The average Bonchev–Trinajstić information content (AvgIpc) is 3.18. The van der Waals surface area contributed by atoms with Crippen molar-refractivity contribution >= 4 is 46.4 Å². The molecule has 0 saturated carbocycles. The topological polar surface area (TPSA) is 80.9 Å². The second-order valence-electron chi connectivity index (χ2n) is 7.25. The molecule has 0 bridgehead atoms. The van der Waals surface area contributed by atoms with Crippen LogP contribution in [0.4, 0.5) is 0 Å². The van der Waals surface area contributed by atoms with E-state index in [1.54, 1.807) is 13.0 Å². The molecular weight excluding hydrogens is 448 g/mol. The van der Waals surface area contributed by atoms with E-state index in [9.17, 15) is 14.7 Å². The first-order valence-corrected chi connectivity index (χ1v) is 11.5. The van der Waals surface area contributed by atoms with Crippen molar-refractivity contribution in [2.75, 3.05) is 6.61 Å². The molecule has 0 unspecified atom stereocenters. The van der Waals surface area contributed by atoms with Crippen LogP contribution in [0, 0.1) is 13.8 Å². The van der Waals surface area contributed by atoms with Crippen molar-refractivity contribution in [2.24, 2.45) is 4.99 Å². The van der Waals surface area contributed by atoms with E-state index in [2.05, 4.69) is 9.56 Å². The minimum Gasteiger partial charge on any atom is -0.506 e. The van der Waals surface area contributed by atoms with Gasteiger partial charge in [0.25, 0.3) is 0 Å². The Morgan fingerprint density at radius 1 is 1.22 bits per heavy atom. The maximum Gasteiger partial charge on any atom is 0.344 e. The number of benzene rings is 1. The fourth-order valence-electron chi connectivity index (χ4n) is 3.44. The largest absolute Gasteiger partial charge is 0.506 e. The second kappa shape index (κ2) is 10.2. The van der Waals surface area contributed by atoms with Crippen LogP contribution in [0.5, 0.6) is 0 Å². The summed E-state index contributed by atoms with van der Waals surface area (Å²) in [6.45, 7) is 7.67. The van der Waals surface area contributed by atoms with Gasteiger partial charge in [-0.05, 0) is 69.2 Å². The molecule has 0 radical (unpaired) electrons. The number of halogens is 1. The number of aliphatic hydroxyl groups excluding tert-OH is 1. The van der Waals surface area contributed by atoms with Crippen molar-refractivity contribution in [3.8, 4) is 5.69 Å². The molecule has 1 aromatic carbocycles. The zero-order valence-corrected chi connectivity index (χ0v) is 20.0. The SMILES string of the molecule is CCCC(=O)N=C1S/C(=C\c2cc(C)n(-c3ccc(Cl)cc3)c2C)C(O)=C1C(=O)OCC. The molecule has 8 heteroatoms. The highest BCUT2D eigenvalue weighted by Crippen LogP contribution is 2.40. The van der Waals surface area contributed by atoms with E-state index in [1.165, 1.54) is 0 Å². The summed E-state index contributed by atoms with van der Waals surface area (Å²) in [7, 11) is 0. The monoisotopic (exact) mass is 472 g/mol. The van der Waals surface area contributed by atoms with Crippen LogP contribution in [-0.2, 0) is 14.3 Å². The first-order valence-electron chi connectivity index (χ1n) is 10.3. The van der Waals surface area contributed by atoms with Gasteiger partial charge in [-0.2, -0.15) is 0 Å². The Balaban J connectivity index is 2.04. The molecule has 32 heavy (non-hydrogen) atoms. The van der Waals surface area contributed by atoms with Gasteiger partial charge in [-0.15, -0.1) is 0 Å². The number of aliphatic imine (C=N–C) groups is 1. The fraction of sp³-hybridized carbons (Fsp3) is 0.292. The van der Waals surface area contributed by atoms with E-state index in [1.807, 2.05) is 51.1 Å². The number of carbonyl (C=O) groups is 2. The molecule has 1 aromatic heterocycles. The van der Waals surface area contributed by atoms with Crippen LogP contribution < -0.4 is 0 Å². The third-order valence-electron chi connectivity index (χ3n) is 4.90. The Kier molecular flexibility index (Phi) is 7.64. The van der Waals surface area contributed by atoms with Gasteiger partial charge in [-0.3, -0.25) is 4.79 Å². The number of rotatable bonds is 6. The minimum atomic E-state index is -0.699. The third kappa shape index (κ3) is 5.00. The maximum absolute atomic E-state index is 12.5. The third-order valence-corrected chi connectivity index (χ3v) is 6.17. The van der Waals surface area contributed by atoms with E-state index < -0.39 is 5.97 Å². The van der Waals surface area contributed by atoms with Gasteiger partial charge in [0.1, 0.15) is 16.4 Å². The molecule has 3 rings (SSSR count). The van der Waals surface area contributed by atoms with E-state index in [4.69, 9.17) is 16.3 Å². The van der Waals surface area contributed by atoms with E-state index in [0.717, 1.165) is 34.4 Å². The number of aryl methyl sites for hydroxylation is 1. The first-order chi connectivity index (χ1) is 15.3.